The third kappa shape index (κ3) is 2.04. The van der Waals surface area contributed by atoms with Gasteiger partial charge in [0.2, 0.25) is 0 Å². The molecule has 2 aliphatic heterocycles. The number of aliphatic carboxylic acids is 1. The van der Waals surface area contributed by atoms with Gasteiger partial charge in [-0.05, 0) is 37.3 Å². The van der Waals surface area contributed by atoms with Gasteiger partial charge in [-0.15, -0.1) is 0 Å². The summed E-state index contributed by atoms with van der Waals surface area (Å²) in [6.07, 6.45) is 1.71. The van der Waals surface area contributed by atoms with E-state index in [0.717, 1.165) is 30.4 Å². The predicted octanol–water partition coefficient (Wildman–Crippen LogP) is 1.45. The van der Waals surface area contributed by atoms with Crippen molar-refractivity contribution in [3.8, 4) is 11.5 Å². The summed E-state index contributed by atoms with van der Waals surface area (Å²) < 4.78 is 11.2. The molecule has 1 atom stereocenters. The zero-order valence-corrected chi connectivity index (χ0v) is 10.5. The highest BCUT2D eigenvalue weighted by Crippen LogP contribution is 2.42. The van der Waals surface area contributed by atoms with Gasteiger partial charge < -0.3 is 19.7 Å². The lowest BCUT2D eigenvalue weighted by atomic mass is 9.90. The number of ether oxygens (including phenoxy) is 2. The van der Waals surface area contributed by atoms with E-state index in [-0.39, 0.29) is 0 Å². The lowest BCUT2D eigenvalue weighted by Crippen LogP contribution is -2.21. The first kappa shape index (κ1) is 12.3. The minimum atomic E-state index is -1.55. The lowest BCUT2D eigenvalue weighted by Gasteiger charge is -2.28. The lowest BCUT2D eigenvalue weighted by molar-refractivity contribution is -0.147. The summed E-state index contributed by atoms with van der Waals surface area (Å²) in [7, 11) is 0. The van der Waals surface area contributed by atoms with Crippen LogP contribution < -0.4 is 9.47 Å². The number of aliphatic hydroxyl groups excluding tert-OH is 1. The van der Waals surface area contributed by atoms with Crippen LogP contribution >= 0.6 is 0 Å². The SMILES string of the molecule is O=C(O)C(O)c1c2c(cc3c1OCCC3)OCCC2. The molecule has 3 rings (SSSR count). The maximum Gasteiger partial charge on any atom is 0.337 e. The number of carboxylic acid groups (broad SMARTS) is 1. The number of fused-ring (bicyclic) bond motifs is 2. The quantitative estimate of drug-likeness (QED) is 0.845. The van der Waals surface area contributed by atoms with Gasteiger partial charge >= 0.3 is 5.97 Å². The first-order valence-corrected chi connectivity index (χ1v) is 6.53. The molecule has 2 aliphatic rings. The Labute approximate surface area is 110 Å². The molecule has 0 spiro atoms. The molecular formula is C14H16O5. The Morgan fingerprint density at radius 1 is 1.21 bits per heavy atom. The minimum absolute atomic E-state index is 0.388. The Hall–Kier alpha value is -1.75. The van der Waals surface area contributed by atoms with Gasteiger partial charge in [0.1, 0.15) is 11.5 Å². The summed E-state index contributed by atoms with van der Waals surface area (Å²) in [6.45, 7) is 1.20. The van der Waals surface area contributed by atoms with Crippen LogP contribution in [0.2, 0.25) is 0 Å². The molecule has 0 bridgehead atoms. The second-order valence-corrected chi connectivity index (χ2v) is 4.90. The third-order valence-corrected chi connectivity index (χ3v) is 3.64. The van der Waals surface area contributed by atoms with Crippen LogP contribution in [0.4, 0.5) is 0 Å². The van der Waals surface area contributed by atoms with E-state index in [1.54, 1.807) is 0 Å². The highest BCUT2D eigenvalue weighted by molar-refractivity contribution is 5.77. The molecule has 0 fully saturated rings. The fourth-order valence-electron chi connectivity index (χ4n) is 2.78. The highest BCUT2D eigenvalue weighted by atomic mass is 16.5. The van der Waals surface area contributed by atoms with E-state index < -0.39 is 12.1 Å². The van der Waals surface area contributed by atoms with Gasteiger partial charge in [0.15, 0.2) is 6.10 Å². The van der Waals surface area contributed by atoms with E-state index in [9.17, 15) is 9.90 Å². The molecule has 1 aromatic carbocycles. The Morgan fingerprint density at radius 3 is 2.74 bits per heavy atom. The summed E-state index contributed by atoms with van der Waals surface area (Å²) in [5.74, 6) is -0.00783. The second kappa shape index (κ2) is 4.74. The Balaban J connectivity index is 2.19. The summed E-state index contributed by atoms with van der Waals surface area (Å²) in [4.78, 5) is 11.1. The predicted molar refractivity (Wildman–Crippen MR) is 66.7 cm³/mol. The molecule has 0 saturated heterocycles. The number of aliphatic hydroxyl groups is 1. The number of aryl methyl sites for hydroxylation is 1. The van der Waals surface area contributed by atoms with Crippen LogP contribution in [0.25, 0.3) is 0 Å². The van der Waals surface area contributed by atoms with Gasteiger partial charge in [-0.1, -0.05) is 0 Å². The van der Waals surface area contributed by atoms with E-state index in [1.807, 2.05) is 6.07 Å². The van der Waals surface area contributed by atoms with Crippen molar-refractivity contribution in [2.45, 2.75) is 31.8 Å². The molecule has 19 heavy (non-hydrogen) atoms. The average molecular weight is 264 g/mol. The summed E-state index contributed by atoms with van der Waals surface area (Å²) in [6, 6.07) is 1.93. The molecule has 2 heterocycles. The van der Waals surface area contributed by atoms with E-state index in [0.29, 0.717) is 36.7 Å². The third-order valence-electron chi connectivity index (χ3n) is 3.64. The zero-order chi connectivity index (χ0) is 13.4. The molecule has 102 valence electrons. The van der Waals surface area contributed by atoms with Crippen molar-refractivity contribution in [2.75, 3.05) is 13.2 Å². The monoisotopic (exact) mass is 264 g/mol. The smallest absolute Gasteiger partial charge is 0.337 e. The van der Waals surface area contributed by atoms with Crippen LogP contribution in [0.5, 0.6) is 11.5 Å². The average Bonchev–Trinajstić information content (AvgIpc) is 2.43. The number of benzene rings is 1. The summed E-state index contributed by atoms with van der Waals surface area (Å²) >= 11 is 0. The Kier molecular flexibility index (Phi) is 3.06. The van der Waals surface area contributed by atoms with E-state index >= 15 is 0 Å². The van der Waals surface area contributed by atoms with Crippen molar-refractivity contribution in [3.63, 3.8) is 0 Å². The van der Waals surface area contributed by atoms with Gasteiger partial charge in [0.25, 0.3) is 0 Å². The fraction of sp³-hybridized carbons (Fsp3) is 0.500. The number of rotatable bonds is 2. The molecule has 1 unspecified atom stereocenters. The van der Waals surface area contributed by atoms with Crippen molar-refractivity contribution < 1.29 is 24.5 Å². The van der Waals surface area contributed by atoms with Crippen LogP contribution in [-0.4, -0.2) is 29.4 Å². The molecule has 2 N–H and O–H groups in total. The van der Waals surface area contributed by atoms with Crippen LogP contribution in [0.3, 0.4) is 0 Å². The largest absolute Gasteiger partial charge is 0.493 e. The van der Waals surface area contributed by atoms with Gasteiger partial charge in [-0.2, -0.15) is 0 Å². The minimum Gasteiger partial charge on any atom is -0.493 e. The molecule has 0 saturated carbocycles. The van der Waals surface area contributed by atoms with Crippen molar-refractivity contribution in [2.24, 2.45) is 0 Å². The first-order chi connectivity index (χ1) is 9.18. The second-order valence-electron chi connectivity index (χ2n) is 4.90. The molecule has 5 nitrogen and oxygen atoms in total. The molecule has 0 aromatic heterocycles. The number of carboxylic acids is 1. The van der Waals surface area contributed by atoms with Crippen LogP contribution in [0.15, 0.2) is 6.07 Å². The maximum absolute atomic E-state index is 11.1. The van der Waals surface area contributed by atoms with Crippen molar-refractivity contribution >= 4 is 5.97 Å². The van der Waals surface area contributed by atoms with Crippen molar-refractivity contribution in [1.29, 1.82) is 0 Å². The molecular weight excluding hydrogens is 248 g/mol. The van der Waals surface area contributed by atoms with Gasteiger partial charge in [-0.3, -0.25) is 0 Å². The summed E-state index contributed by atoms with van der Waals surface area (Å²) in [5.41, 5.74) is 2.10. The maximum atomic E-state index is 11.1. The Morgan fingerprint density at radius 2 is 1.95 bits per heavy atom. The standard InChI is InChI=1S/C14H16O5/c15-12(14(16)17)11-9-4-2-5-18-10(9)7-8-3-1-6-19-13(8)11/h7,12,15H,1-6H2,(H,16,17). The van der Waals surface area contributed by atoms with Crippen LogP contribution in [0, 0.1) is 0 Å². The summed E-state index contributed by atoms with van der Waals surface area (Å²) in [5, 5.41) is 19.1. The van der Waals surface area contributed by atoms with E-state index in [2.05, 4.69) is 0 Å². The van der Waals surface area contributed by atoms with E-state index in [4.69, 9.17) is 14.6 Å². The topological polar surface area (TPSA) is 76.0 Å². The van der Waals surface area contributed by atoms with Crippen LogP contribution in [-0.2, 0) is 17.6 Å². The van der Waals surface area contributed by atoms with Gasteiger partial charge in [0, 0.05) is 11.1 Å². The molecule has 1 aromatic rings. The molecule has 0 radical (unpaired) electrons. The van der Waals surface area contributed by atoms with E-state index in [1.165, 1.54) is 0 Å². The number of hydrogen-bond acceptors (Lipinski definition) is 4. The molecule has 0 aliphatic carbocycles. The molecule has 0 amide bonds. The zero-order valence-electron chi connectivity index (χ0n) is 10.5. The Bertz CT molecular complexity index is 489. The number of carbonyl (C=O) groups is 1. The first-order valence-electron chi connectivity index (χ1n) is 6.53. The van der Waals surface area contributed by atoms with Crippen molar-refractivity contribution in [3.05, 3.63) is 22.8 Å². The van der Waals surface area contributed by atoms with Crippen molar-refractivity contribution in [1.82, 2.24) is 0 Å². The van der Waals surface area contributed by atoms with Gasteiger partial charge in [-0.25, -0.2) is 4.79 Å². The number of hydrogen-bond donors (Lipinski definition) is 2. The van der Waals surface area contributed by atoms with Crippen LogP contribution in [0.1, 0.15) is 35.6 Å². The highest BCUT2D eigenvalue weighted by Gasteiger charge is 2.31. The molecule has 5 heteroatoms. The fourth-order valence-corrected chi connectivity index (χ4v) is 2.78. The normalized spacial score (nSPS) is 18.6. The van der Waals surface area contributed by atoms with Gasteiger partial charge in [0.05, 0.1) is 13.2 Å².